The van der Waals surface area contributed by atoms with Crippen LogP contribution in [0.1, 0.15) is 23.8 Å². The van der Waals surface area contributed by atoms with Gasteiger partial charge in [0, 0.05) is 28.9 Å². The summed E-state index contributed by atoms with van der Waals surface area (Å²) in [6.07, 6.45) is -0.621. The molecule has 0 bridgehead atoms. The molecule has 0 aliphatic heterocycles. The monoisotopic (exact) mass is 238 g/mol. The first kappa shape index (κ1) is 13.2. The van der Waals surface area contributed by atoms with Gasteiger partial charge >= 0.3 is 0 Å². The summed E-state index contributed by atoms with van der Waals surface area (Å²) in [4.78, 5) is 10.2. The van der Waals surface area contributed by atoms with E-state index in [0.717, 1.165) is 0 Å². The molecule has 0 radical (unpaired) electrons. The molecule has 0 amide bonds. The normalized spacial score (nSPS) is 13.8. The van der Waals surface area contributed by atoms with E-state index in [-0.39, 0.29) is 18.9 Å². The zero-order chi connectivity index (χ0) is 12.8. The van der Waals surface area contributed by atoms with Crippen LogP contribution in [0.25, 0.3) is 10.4 Å². The van der Waals surface area contributed by atoms with Gasteiger partial charge in [-0.1, -0.05) is 5.11 Å². The number of anilines is 1. The van der Waals surface area contributed by atoms with E-state index >= 15 is 0 Å². The number of aryl methyl sites for hydroxylation is 1. The van der Waals surface area contributed by atoms with Crippen LogP contribution in [0, 0.1) is 6.92 Å². The minimum atomic E-state index is -1.12. The number of azide groups is 1. The summed E-state index contributed by atoms with van der Waals surface area (Å²) in [5, 5.41) is 22.8. The number of aliphatic hydroxyl groups excluding tert-OH is 2. The third-order valence-electron chi connectivity index (χ3n) is 2.31. The molecule has 0 saturated heterocycles. The molecule has 1 rings (SSSR count). The first-order chi connectivity index (χ1) is 8.06. The summed E-state index contributed by atoms with van der Waals surface area (Å²) in [6, 6.07) is 0. The molecule has 1 aromatic rings. The summed E-state index contributed by atoms with van der Waals surface area (Å²) in [5.74, 6) is 0.113. The maximum Gasteiger partial charge on any atom is 0.220 e. The highest BCUT2D eigenvalue weighted by Crippen LogP contribution is 2.21. The Morgan fingerprint density at radius 3 is 2.88 bits per heavy atom. The first-order valence-corrected chi connectivity index (χ1v) is 5.02. The van der Waals surface area contributed by atoms with E-state index < -0.39 is 12.2 Å². The molecule has 17 heavy (non-hydrogen) atoms. The van der Waals surface area contributed by atoms with Gasteiger partial charge in [-0.2, -0.15) is 0 Å². The van der Waals surface area contributed by atoms with Gasteiger partial charge in [0.1, 0.15) is 6.10 Å². The molecule has 0 spiro atoms. The molecule has 8 heteroatoms. The van der Waals surface area contributed by atoms with Crippen LogP contribution in [0.5, 0.6) is 0 Å². The molecule has 0 aliphatic rings. The Morgan fingerprint density at radius 2 is 2.29 bits per heavy atom. The van der Waals surface area contributed by atoms with Crippen LogP contribution in [0.3, 0.4) is 0 Å². The highest BCUT2D eigenvalue weighted by molar-refractivity contribution is 5.26. The number of aromatic nitrogens is 2. The van der Waals surface area contributed by atoms with E-state index in [4.69, 9.17) is 11.3 Å². The third-order valence-corrected chi connectivity index (χ3v) is 2.31. The first-order valence-electron chi connectivity index (χ1n) is 5.02. The van der Waals surface area contributed by atoms with Gasteiger partial charge in [0.2, 0.25) is 5.95 Å². The van der Waals surface area contributed by atoms with E-state index in [1.54, 1.807) is 6.92 Å². The number of nitrogens with two attached hydrogens (primary N) is 1. The van der Waals surface area contributed by atoms with Crippen LogP contribution in [0.4, 0.5) is 5.95 Å². The van der Waals surface area contributed by atoms with Gasteiger partial charge in [-0.25, -0.2) is 9.97 Å². The molecule has 0 fully saturated rings. The van der Waals surface area contributed by atoms with Crippen molar-refractivity contribution in [2.24, 2.45) is 5.11 Å². The number of aliphatic hydroxyl groups is 2. The van der Waals surface area contributed by atoms with Crippen LogP contribution in [-0.2, 0) is 0 Å². The highest BCUT2D eigenvalue weighted by Gasteiger charge is 2.20. The number of nitrogens with zero attached hydrogens (tertiary/aromatic N) is 5. The van der Waals surface area contributed by atoms with E-state index in [1.807, 2.05) is 0 Å². The molecule has 1 aromatic heterocycles. The minimum absolute atomic E-state index is 0.113. The van der Waals surface area contributed by atoms with Crippen molar-refractivity contribution >= 4 is 5.95 Å². The van der Waals surface area contributed by atoms with Crippen LogP contribution in [-0.4, -0.2) is 32.8 Å². The number of hydrogen-bond donors (Lipinski definition) is 3. The predicted molar refractivity (Wildman–Crippen MR) is 60.8 cm³/mol. The molecular weight excluding hydrogens is 224 g/mol. The van der Waals surface area contributed by atoms with Crippen LogP contribution in [0.15, 0.2) is 11.3 Å². The quantitative estimate of drug-likeness (QED) is 0.388. The van der Waals surface area contributed by atoms with Crippen LogP contribution < -0.4 is 5.73 Å². The molecule has 0 saturated carbocycles. The van der Waals surface area contributed by atoms with E-state index in [2.05, 4.69) is 20.0 Å². The summed E-state index contributed by atoms with van der Waals surface area (Å²) >= 11 is 0. The fourth-order valence-electron chi connectivity index (χ4n) is 1.38. The topological polar surface area (TPSA) is 141 Å². The highest BCUT2D eigenvalue weighted by atomic mass is 16.3. The van der Waals surface area contributed by atoms with Crippen molar-refractivity contribution in [1.29, 1.82) is 0 Å². The van der Waals surface area contributed by atoms with E-state index in [0.29, 0.717) is 11.3 Å². The zero-order valence-corrected chi connectivity index (χ0v) is 9.35. The minimum Gasteiger partial charge on any atom is -0.390 e. The summed E-state index contributed by atoms with van der Waals surface area (Å²) in [7, 11) is 0. The lowest BCUT2D eigenvalue weighted by Crippen LogP contribution is -2.20. The number of rotatable bonds is 5. The van der Waals surface area contributed by atoms with Crippen molar-refractivity contribution in [3.8, 4) is 0 Å². The molecule has 2 unspecified atom stereocenters. The average molecular weight is 238 g/mol. The van der Waals surface area contributed by atoms with Crippen molar-refractivity contribution in [1.82, 2.24) is 9.97 Å². The van der Waals surface area contributed by atoms with E-state index in [1.165, 1.54) is 6.20 Å². The lowest BCUT2D eigenvalue weighted by Gasteiger charge is -2.18. The molecular formula is C9H14N6O2. The summed E-state index contributed by atoms with van der Waals surface area (Å²) in [6.45, 7) is 1.78. The fourth-order valence-corrected chi connectivity index (χ4v) is 1.38. The smallest absolute Gasteiger partial charge is 0.220 e. The van der Waals surface area contributed by atoms with Crippen LogP contribution in [0.2, 0.25) is 0 Å². The van der Waals surface area contributed by atoms with Gasteiger partial charge in [-0.05, 0) is 18.9 Å². The Hall–Kier alpha value is -1.89. The number of hydrogen-bond acceptors (Lipinski definition) is 6. The fraction of sp³-hybridized carbons (Fsp3) is 0.556. The molecule has 1 heterocycles. The maximum atomic E-state index is 9.85. The maximum absolute atomic E-state index is 9.85. The van der Waals surface area contributed by atoms with Gasteiger partial charge in [0.05, 0.1) is 6.10 Å². The largest absolute Gasteiger partial charge is 0.390 e. The molecule has 0 aliphatic carbocycles. The second-order valence-corrected chi connectivity index (χ2v) is 3.52. The van der Waals surface area contributed by atoms with Gasteiger partial charge in [-0.15, -0.1) is 0 Å². The van der Waals surface area contributed by atoms with Crippen molar-refractivity contribution < 1.29 is 10.2 Å². The van der Waals surface area contributed by atoms with Gasteiger partial charge < -0.3 is 15.9 Å². The SMILES string of the molecule is Cc1nc(N)ncc1C(O)C(O)CCN=[N+]=[N-]. The molecule has 92 valence electrons. The Bertz CT molecular complexity index is 431. The standard InChI is InChI=1S/C9H14N6O2/c1-5-6(4-12-9(10)14-5)8(17)7(16)2-3-13-15-11/h4,7-8,16-17H,2-3H2,1H3,(H2,10,12,14). The van der Waals surface area contributed by atoms with Crippen molar-refractivity contribution in [2.75, 3.05) is 12.3 Å². The Balaban J connectivity index is 2.73. The molecule has 8 nitrogen and oxygen atoms in total. The number of nitrogen functional groups attached to an aromatic ring is 1. The summed E-state index contributed by atoms with van der Waals surface area (Å²) in [5.41, 5.74) is 14.4. The van der Waals surface area contributed by atoms with Gasteiger partial charge in [0.15, 0.2) is 0 Å². The summed E-state index contributed by atoms with van der Waals surface area (Å²) < 4.78 is 0. The van der Waals surface area contributed by atoms with Crippen LogP contribution >= 0.6 is 0 Å². The zero-order valence-electron chi connectivity index (χ0n) is 9.35. The second-order valence-electron chi connectivity index (χ2n) is 3.52. The van der Waals surface area contributed by atoms with Crippen molar-refractivity contribution in [3.63, 3.8) is 0 Å². The van der Waals surface area contributed by atoms with E-state index in [9.17, 15) is 10.2 Å². The average Bonchev–Trinajstić information content (AvgIpc) is 2.28. The van der Waals surface area contributed by atoms with Gasteiger partial charge in [-0.3, -0.25) is 0 Å². The van der Waals surface area contributed by atoms with Gasteiger partial charge in [0.25, 0.3) is 0 Å². The molecule has 4 N–H and O–H groups in total. The second kappa shape index (κ2) is 6.00. The lowest BCUT2D eigenvalue weighted by atomic mass is 10.0. The predicted octanol–water partition coefficient (Wildman–Crippen LogP) is 0.462. The Labute approximate surface area is 97.8 Å². The molecule has 2 atom stereocenters. The Morgan fingerprint density at radius 1 is 1.59 bits per heavy atom. The molecule has 0 aromatic carbocycles. The Kier molecular flexibility index (Phi) is 4.65. The van der Waals surface area contributed by atoms with Crippen molar-refractivity contribution in [2.45, 2.75) is 25.6 Å². The lowest BCUT2D eigenvalue weighted by molar-refractivity contribution is 0.0142. The third kappa shape index (κ3) is 3.56. The van der Waals surface area contributed by atoms with Crippen molar-refractivity contribution in [3.05, 3.63) is 27.9 Å².